The summed E-state index contributed by atoms with van der Waals surface area (Å²) < 4.78 is 0. The van der Waals surface area contributed by atoms with Crippen LogP contribution in [0.15, 0.2) is 49.1 Å². The summed E-state index contributed by atoms with van der Waals surface area (Å²) in [5.74, 6) is 0. The molecule has 0 bridgehead atoms. The van der Waals surface area contributed by atoms with Crippen molar-refractivity contribution in [3.05, 3.63) is 69.3 Å². The summed E-state index contributed by atoms with van der Waals surface area (Å²) in [7, 11) is 0. The molecule has 8 nitrogen and oxygen atoms in total. The monoisotopic (exact) mass is 248 g/mol. The second kappa shape index (κ2) is 6.63. The third-order valence-electron chi connectivity index (χ3n) is 1.75. The van der Waals surface area contributed by atoms with E-state index in [4.69, 9.17) is 0 Å². The van der Waals surface area contributed by atoms with Crippen molar-refractivity contribution in [3.8, 4) is 0 Å². The number of hydrogen-bond acceptors (Lipinski definition) is 6. The zero-order valence-corrected chi connectivity index (χ0v) is 9.04. The Hall–Kier alpha value is -2.90. The van der Waals surface area contributed by atoms with Gasteiger partial charge in [-0.15, -0.1) is 0 Å². The Morgan fingerprint density at radius 3 is 1.17 bits per heavy atom. The first kappa shape index (κ1) is 13.2. The van der Waals surface area contributed by atoms with Crippen LogP contribution in [0.3, 0.4) is 0 Å². The van der Waals surface area contributed by atoms with Gasteiger partial charge in [-0.2, -0.15) is 0 Å². The van der Waals surface area contributed by atoms with Crippen LogP contribution in [0.1, 0.15) is 0 Å². The first-order valence-corrected chi connectivity index (χ1v) is 4.70. The SMILES string of the molecule is O=[N+]([O-])c1ccc([N+](=O)[O-])cc1.c1cnccn1. The number of aromatic nitrogens is 2. The molecule has 0 saturated carbocycles. The van der Waals surface area contributed by atoms with Gasteiger partial charge in [-0.05, 0) is 0 Å². The Balaban J connectivity index is 0.000000225. The summed E-state index contributed by atoms with van der Waals surface area (Å²) in [4.78, 5) is 26.5. The average Bonchev–Trinajstić information content (AvgIpc) is 2.41. The van der Waals surface area contributed by atoms with Gasteiger partial charge >= 0.3 is 0 Å². The molecular formula is C10H8N4O4. The Kier molecular flexibility index (Phi) is 4.85. The van der Waals surface area contributed by atoms with Crippen LogP contribution in [0.2, 0.25) is 0 Å². The highest BCUT2D eigenvalue weighted by atomic mass is 16.6. The van der Waals surface area contributed by atoms with Crippen LogP contribution in [-0.2, 0) is 0 Å². The summed E-state index contributed by atoms with van der Waals surface area (Å²) in [6.07, 6.45) is 6.56. The van der Waals surface area contributed by atoms with Crippen molar-refractivity contribution in [1.29, 1.82) is 0 Å². The molecule has 0 unspecified atom stereocenters. The molecule has 1 aromatic carbocycles. The molecule has 0 aliphatic rings. The summed E-state index contributed by atoms with van der Waals surface area (Å²) >= 11 is 0. The predicted octanol–water partition coefficient (Wildman–Crippen LogP) is 1.98. The van der Waals surface area contributed by atoms with Crippen LogP contribution in [0.4, 0.5) is 11.4 Å². The molecule has 92 valence electrons. The molecule has 1 heterocycles. The molecule has 0 fully saturated rings. The van der Waals surface area contributed by atoms with Crippen molar-refractivity contribution in [2.24, 2.45) is 0 Å². The highest BCUT2D eigenvalue weighted by molar-refractivity contribution is 5.39. The Labute approximate surface area is 101 Å². The van der Waals surface area contributed by atoms with E-state index >= 15 is 0 Å². The van der Waals surface area contributed by atoms with Crippen LogP contribution >= 0.6 is 0 Å². The molecule has 0 radical (unpaired) electrons. The minimum absolute atomic E-state index is 0.152. The van der Waals surface area contributed by atoms with Gasteiger partial charge in [0.05, 0.1) is 9.85 Å². The first-order chi connectivity index (χ1) is 8.61. The molecule has 1 aromatic heterocycles. The lowest BCUT2D eigenvalue weighted by Crippen LogP contribution is -1.90. The summed E-state index contributed by atoms with van der Waals surface area (Å²) in [6, 6.07) is 4.38. The lowest BCUT2D eigenvalue weighted by molar-refractivity contribution is -0.389. The quantitative estimate of drug-likeness (QED) is 0.593. The maximum Gasteiger partial charge on any atom is 0.269 e. The van der Waals surface area contributed by atoms with Crippen molar-refractivity contribution < 1.29 is 9.85 Å². The van der Waals surface area contributed by atoms with Gasteiger partial charge in [-0.1, -0.05) is 0 Å². The van der Waals surface area contributed by atoms with Crippen LogP contribution in [0, 0.1) is 20.2 Å². The van der Waals surface area contributed by atoms with Gasteiger partial charge in [-0.3, -0.25) is 30.2 Å². The van der Waals surface area contributed by atoms with Gasteiger partial charge in [0.2, 0.25) is 0 Å². The summed E-state index contributed by atoms with van der Waals surface area (Å²) in [6.45, 7) is 0. The third kappa shape index (κ3) is 4.31. The maximum atomic E-state index is 10.1. The minimum Gasteiger partial charge on any atom is -0.262 e. The van der Waals surface area contributed by atoms with Crippen LogP contribution in [-0.4, -0.2) is 19.8 Å². The highest BCUT2D eigenvalue weighted by Crippen LogP contribution is 2.16. The molecule has 0 aliphatic carbocycles. The minimum atomic E-state index is -0.607. The molecule has 0 aliphatic heterocycles. The number of nitro groups is 2. The smallest absolute Gasteiger partial charge is 0.262 e. The number of rotatable bonds is 2. The van der Waals surface area contributed by atoms with Crippen LogP contribution in [0.25, 0.3) is 0 Å². The zero-order chi connectivity index (χ0) is 13.4. The van der Waals surface area contributed by atoms with E-state index in [0.717, 1.165) is 24.3 Å². The first-order valence-electron chi connectivity index (χ1n) is 4.70. The van der Waals surface area contributed by atoms with E-state index in [1.807, 2.05) is 0 Å². The van der Waals surface area contributed by atoms with Gasteiger partial charge in [0.25, 0.3) is 11.4 Å². The fourth-order valence-corrected chi connectivity index (χ4v) is 0.949. The molecule has 0 atom stereocenters. The van der Waals surface area contributed by atoms with Gasteiger partial charge in [0, 0.05) is 49.1 Å². The Morgan fingerprint density at radius 2 is 1.00 bits per heavy atom. The zero-order valence-electron chi connectivity index (χ0n) is 9.04. The number of non-ortho nitro benzene ring substituents is 2. The average molecular weight is 248 g/mol. The molecule has 0 N–H and O–H groups in total. The maximum absolute atomic E-state index is 10.1. The number of nitrogens with zero attached hydrogens (tertiary/aromatic N) is 4. The van der Waals surface area contributed by atoms with Crippen molar-refractivity contribution in [1.82, 2.24) is 9.97 Å². The van der Waals surface area contributed by atoms with Crippen LogP contribution in [0.5, 0.6) is 0 Å². The van der Waals surface area contributed by atoms with E-state index in [9.17, 15) is 20.2 Å². The van der Waals surface area contributed by atoms with E-state index in [1.165, 1.54) is 0 Å². The molecule has 8 heteroatoms. The predicted molar refractivity (Wildman–Crippen MR) is 61.8 cm³/mol. The lowest BCUT2D eigenvalue weighted by atomic mass is 10.3. The number of nitro benzene ring substituents is 2. The number of benzene rings is 1. The number of hydrogen-bond donors (Lipinski definition) is 0. The molecule has 2 aromatic rings. The van der Waals surface area contributed by atoms with Crippen LogP contribution < -0.4 is 0 Å². The van der Waals surface area contributed by atoms with Crippen molar-refractivity contribution >= 4 is 11.4 Å². The van der Waals surface area contributed by atoms with Crippen molar-refractivity contribution in [3.63, 3.8) is 0 Å². The van der Waals surface area contributed by atoms with Gasteiger partial charge < -0.3 is 0 Å². The third-order valence-corrected chi connectivity index (χ3v) is 1.75. The fourth-order valence-electron chi connectivity index (χ4n) is 0.949. The van der Waals surface area contributed by atoms with Crippen molar-refractivity contribution in [2.45, 2.75) is 0 Å². The molecule has 0 spiro atoms. The van der Waals surface area contributed by atoms with E-state index in [-0.39, 0.29) is 11.4 Å². The highest BCUT2D eigenvalue weighted by Gasteiger charge is 2.08. The second-order valence-electron chi connectivity index (χ2n) is 2.93. The molecule has 18 heavy (non-hydrogen) atoms. The van der Waals surface area contributed by atoms with Crippen molar-refractivity contribution in [2.75, 3.05) is 0 Å². The molecular weight excluding hydrogens is 240 g/mol. The molecule has 0 saturated heterocycles. The lowest BCUT2D eigenvalue weighted by Gasteiger charge is -1.90. The summed E-state index contributed by atoms with van der Waals surface area (Å²) in [5.41, 5.74) is -0.304. The van der Waals surface area contributed by atoms with Gasteiger partial charge in [0.15, 0.2) is 0 Å². The molecule has 0 amide bonds. The fraction of sp³-hybridized carbons (Fsp3) is 0. The normalized spacial score (nSPS) is 8.89. The largest absolute Gasteiger partial charge is 0.269 e. The van der Waals surface area contributed by atoms with E-state index in [1.54, 1.807) is 24.8 Å². The Morgan fingerprint density at radius 1 is 0.722 bits per heavy atom. The van der Waals surface area contributed by atoms with E-state index in [2.05, 4.69) is 9.97 Å². The standard InChI is InChI=1S/C6H4N2O4.C4H4N2/c9-7(10)5-1-2-6(4-3-5)8(11)12;1-2-6-4-3-5-1/h1-4H;1-4H. The second-order valence-corrected chi connectivity index (χ2v) is 2.93. The van der Waals surface area contributed by atoms with E-state index in [0.29, 0.717) is 0 Å². The Bertz CT molecular complexity index is 455. The summed E-state index contributed by atoms with van der Waals surface area (Å²) in [5, 5.41) is 20.2. The topological polar surface area (TPSA) is 112 Å². The van der Waals surface area contributed by atoms with E-state index < -0.39 is 9.85 Å². The van der Waals surface area contributed by atoms with Gasteiger partial charge in [-0.25, -0.2) is 0 Å². The van der Waals surface area contributed by atoms with Gasteiger partial charge in [0.1, 0.15) is 0 Å². The molecule has 2 rings (SSSR count).